The van der Waals surface area contributed by atoms with E-state index in [4.69, 9.17) is 0 Å². The number of nitrogens with zero attached hydrogens (tertiary/aromatic N) is 2. The Hall–Kier alpha value is -2.34. The third-order valence-electron chi connectivity index (χ3n) is 4.42. The zero-order chi connectivity index (χ0) is 22.3. The number of sulfonamides is 1. The van der Waals surface area contributed by atoms with Crippen molar-refractivity contribution in [1.29, 1.82) is 0 Å². The van der Waals surface area contributed by atoms with Crippen LogP contribution in [-0.4, -0.2) is 51.4 Å². The highest BCUT2D eigenvalue weighted by Crippen LogP contribution is 2.29. The van der Waals surface area contributed by atoms with Crippen LogP contribution in [0.15, 0.2) is 52.3 Å². The summed E-state index contributed by atoms with van der Waals surface area (Å²) in [5.41, 5.74) is 0.846. The third-order valence-corrected chi connectivity index (χ3v) is 9.34. The van der Waals surface area contributed by atoms with Crippen LogP contribution in [0.4, 0.5) is 5.13 Å². The smallest absolute Gasteiger partial charge is 0.257 e. The van der Waals surface area contributed by atoms with Crippen molar-refractivity contribution in [2.24, 2.45) is 0 Å². The monoisotopic (exact) mass is 467 g/mol. The van der Waals surface area contributed by atoms with Crippen LogP contribution < -0.4 is 5.32 Å². The molecule has 0 unspecified atom stereocenters. The fourth-order valence-electron chi connectivity index (χ4n) is 2.57. The van der Waals surface area contributed by atoms with Crippen LogP contribution in [0.2, 0.25) is 0 Å². The second-order valence-electron chi connectivity index (χ2n) is 7.01. The van der Waals surface area contributed by atoms with Crippen molar-refractivity contribution >= 4 is 52.5 Å². The fraction of sp³-hybridized carbons (Fsp3) is 0.263. The van der Waals surface area contributed by atoms with Gasteiger partial charge in [0.05, 0.1) is 25.3 Å². The van der Waals surface area contributed by atoms with Crippen molar-refractivity contribution in [3.63, 3.8) is 0 Å². The van der Waals surface area contributed by atoms with Crippen molar-refractivity contribution in [2.75, 3.05) is 19.4 Å². The van der Waals surface area contributed by atoms with Crippen LogP contribution in [-0.2, 0) is 19.9 Å². The van der Waals surface area contributed by atoms with Crippen molar-refractivity contribution < 1.29 is 21.6 Å². The molecule has 0 saturated carbocycles. The van der Waals surface area contributed by atoms with Gasteiger partial charge in [-0.05, 0) is 56.3 Å². The van der Waals surface area contributed by atoms with E-state index in [0.717, 1.165) is 15.6 Å². The van der Waals surface area contributed by atoms with E-state index < -0.39 is 31.0 Å². The molecule has 0 aliphatic rings. The van der Waals surface area contributed by atoms with Gasteiger partial charge in [0, 0.05) is 19.7 Å². The summed E-state index contributed by atoms with van der Waals surface area (Å²) in [4.78, 5) is 17.1. The summed E-state index contributed by atoms with van der Waals surface area (Å²) in [6, 6.07) is 10.3. The van der Waals surface area contributed by atoms with E-state index in [1.807, 2.05) is 0 Å². The molecule has 0 fully saturated rings. The number of hydrogen-bond acceptors (Lipinski definition) is 7. The first-order valence-electron chi connectivity index (χ1n) is 8.91. The summed E-state index contributed by atoms with van der Waals surface area (Å²) in [6.07, 6.45) is 0. The van der Waals surface area contributed by atoms with Gasteiger partial charge in [0.25, 0.3) is 5.91 Å². The lowest BCUT2D eigenvalue weighted by Crippen LogP contribution is -2.22. The molecule has 2 aromatic carbocycles. The average molecular weight is 468 g/mol. The topological polar surface area (TPSA) is 114 Å². The SMILES string of the molecule is CC(C)S(=O)(=O)c1ccc(C(=O)Nc2nc3ccc(S(=O)(=O)N(C)C)cc3s2)cc1. The van der Waals surface area contributed by atoms with Crippen LogP contribution in [0, 0.1) is 0 Å². The van der Waals surface area contributed by atoms with Gasteiger partial charge >= 0.3 is 0 Å². The predicted octanol–water partition coefficient (Wildman–Crippen LogP) is 2.98. The van der Waals surface area contributed by atoms with Gasteiger partial charge < -0.3 is 0 Å². The molecule has 160 valence electrons. The summed E-state index contributed by atoms with van der Waals surface area (Å²) in [5.74, 6) is -0.441. The molecule has 0 radical (unpaired) electrons. The molecule has 3 aromatic rings. The molecule has 8 nitrogen and oxygen atoms in total. The molecular formula is C19H21N3O5S3. The number of carbonyl (C=O) groups is 1. The minimum absolute atomic E-state index is 0.142. The maximum Gasteiger partial charge on any atom is 0.257 e. The number of sulfone groups is 1. The molecule has 0 spiro atoms. The van der Waals surface area contributed by atoms with Gasteiger partial charge in [-0.1, -0.05) is 11.3 Å². The Labute approximate surface area is 179 Å². The van der Waals surface area contributed by atoms with Crippen LogP contribution >= 0.6 is 11.3 Å². The van der Waals surface area contributed by atoms with E-state index in [0.29, 0.717) is 15.3 Å². The van der Waals surface area contributed by atoms with Gasteiger partial charge in [0.2, 0.25) is 10.0 Å². The highest BCUT2D eigenvalue weighted by atomic mass is 32.2. The number of fused-ring (bicyclic) bond motifs is 1. The molecule has 0 atom stereocenters. The Morgan fingerprint density at radius 3 is 2.17 bits per heavy atom. The Balaban J connectivity index is 1.83. The number of anilines is 1. The molecule has 1 N–H and O–H groups in total. The second-order valence-corrected chi connectivity index (χ2v) is 12.7. The van der Waals surface area contributed by atoms with Gasteiger partial charge in [0.1, 0.15) is 0 Å². The minimum Gasteiger partial charge on any atom is -0.298 e. The van der Waals surface area contributed by atoms with Crippen molar-refractivity contribution in [3.05, 3.63) is 48.0 Å². The number of hydrogen-bond donors (Lipinski definition) is 1. The molecule has 1 amide bonds. The Kier molecular flexibility index (Phi) is 6.01. The second kappa shape index (κ2) is 8.06. The number of thiazole rings is 1. The van der Waals surface area contributed by atoms with Gasteiger partial charge in [-0.25, -0.2) is 26.1 Å². The molecule has 1 heterocycles. The first kappa shape index (κ1) is 22.3. The first-order valence-corrected chi connectivity index (χ1v) is 12.7. The molecule has 11 heteroatoms. The van der Waals surface area contributed by atoms with E-state index in [1.54, 1.807) is 19.9 Å². The first-order chi connectivity index (χ1) is 13.9. The number of carbonyl (C=O) groups excluding carboxylic acids is 1. The Morgan fingerprint density at radius 1 is 1.00 bits per heavy atom. The van der Waals surface area contributed by atoms with E-state index in [9.17, 15) is 21.6 Å². The number of amides is 1. The standard InChI is InChI=1S/C19H21N3O5S3/c1-12(2)29(24,25)14-7-5-13(6-8-14)18(23)21-19-20-16-10-9-15(11-17(16)28-19)30(26,27)22(3)4/h5-12H,1-4H3,(H,20,21,23). The summed E-state index contributed by atoms with van der Waals surface area (Å²) < 4.78 is 50.7. The minimum atomic E-state index is -3.57. The number of aromatic nitrogens is 1. The maximum atomic E-state index is 12.5. The molecule has 0 aliphatic heterocycles. The molecule has 30 heavy (non-hydrogen) atoms. The summed E-state index contributed by atoms with van der Waals surface area (Å²) in [5, 5.41) is 2.43. The zero-order valence-corrected chi connectivity index (χ0v) is 19.2. The van der Waals surface area contributed by atoms with Crippen molar-refractivity contribution in [2.45, 2.75) is 28.9 Å². The maximum absolute atomic E-state index is 12.5. The van der Waals surface area contributed by atoms with Gasteiger partial charge in [0.15, 0.2) is 15.0 Å². The van der Waals surface area contributed by atoms with Crippen LogP contribution in [0.25, 0.3) is 10.2 Å². The van der Waals surface area contributed by atoms with Gasteiger partial charge in [-0.3, -0.25) is 10.1 Å². The third kappa shape index (κ3) is 4.24. The average Bonchev–Trinajstić information content (AvgIpc) is 3.09. The molecule has 3 rings (SSSR count). The molecule has 0 saturated heterocycles. The highest BCUT2D eigenvalue weighted by Gasteiger charge is 2.20. The van der Waals surface area contributed by atoms with Crippen molar-refractivity contribution in [1.82, 2.24) is 9.29 Å². The van der Waals surface area contributed by atoms with E-state index >= 15 is 0 Å². The molecular weight excluding hydrogens is 446 g/mol. The summed E-state index contributed by atoms with van der Waals surface area (Å²) in [7, 11) is -4.08. The quantitative estimate of drug-likeness (QED) is 0.596. The van der Waals surface area contributed by atoms with Crippen LogP contribution in [0.1, 0.15) is 24.2 Å². The number of benzene rings is 2. The highest BCUT2D eigenvalue weighted by molar-refractivity contribution is 7.92. The lowest BCUT2D eigenvalue weighted by molar-refractivity contribution is 0.102. The lowest BCUT2D eigenvalue weighted by atomic mass is 10.2. The fourth-order valence-corrected chi connectivity index (χ4v) is 5.53. The summed E-state index contributed by atoms with van der Waals surface area (Å²) >= 11 is 1.15. The zero-order valence-electron chi connectivity index (χ0n) is 16.8. The van der Waals surface area contributed by atoms with Gasteiger partial charge in [-0.15, -0.1) is 0 Å². The van der Waals surface area contributed by atoms with Crippen LogP contribution in [0.3, 0.4) is 0 Å². The van der Waals surface area contributed by atoms with E-state index in [2.05, 4.69) is 10.3 Å². The number of nitrogens with one attached hydrogen (secondary N) is 1. The van der Waals surface area contributed by atoms with E-state index in [-0.39, 0.29) is 15.4 Å². The Bertz CT molecular complexity index is 1310. The molecule has 0 aliphatic carbocycles. The molecule has 0 bridgehead atoms. The van der Waals surface area contributed by atoms with Crippen LogP contribution in [0.5, 0.6) is 0 Å². The normalized spacial score (nSPS) is 12.6. The number of rotatable bonds is 6. The Morgan fingerprint density at radius 2 is 1.60 bits per heavy atom. The summed E-state index contributed by atoms with van der Waals surface area (Å²) in [6.45, 7) is 3.19. The van der Waals surface area contributed by atoms with E-state index in [1.165, 1.54) is 50.5 Å². The molecule has 1 aromatic heterocycles. The largest absolute Gasteiger partial charge is 0.298 e. The predicted molar refractivity (Wildman–Crippen MR) is 117 cm³/mol. The lowest BCUT2D eigenvalue weighted by Gasteiger charge is -2.10. The van der Waals surface area contributed by atoms with Gasteiger partial charge in [-0.2, -0.15) is 0 Å². The van der Waals surface area contributed by atoms with Crippen molar-refractivity contribution in [3.8, 4) is 0 Å².